The van der Waals surface area contributed by atoms with Crippen LogP contribution in [0.1, 0.15) is 26.7 Å². The summed E-state index contributed by atoms with van der Waals surface area (Å²) in [5, 5.41) is 1.79. The van der Waals surface area contributed by atoms with E-state index in [0.717, 1.165) is 12.1 Å². The van der Waals surface area contributed by atoms with Gasteiger partial charge in [-0.3, -0.25) is 20.0 Å². The van der Waals surface area contributed by atoms with E-state index < -0.39 is 5.41 Å². The van der Waals surface area contributed by atoms with E-state index >= 15 is 0 Å². The van der Waals surface area contributed by atoms with Crippen LogP contribution in [-0.4, -0.2) is 25.0 Å². The summed E-state index contributed by atoms with van der Waals surface area (Å²) < 4.78 is 5.20. The van der Waals surface area contributed by atoms with Crippen LogP contribution >= 0.6 is 0 Å². The molecule has 20 heavy (non-hydrogen) atoms. The van der Waals surface area contributed by atoms with Gasteiger partial charge >= 0.3 is 5.97 Å². The van der Waals surface area contributed by atoms with Gasteiger partial charge in [-0.15, -0.1) is 0 Å². The molecule has 108 valence electrons. The molecular formula is C15H20N2O3. The minimum Gasteiger partial charge on any atom is -0.464 e. The van der Waals surface area contributed by atoms with E-state index in [1.165, 1.54) is 0 Å². The van der Waals surface area contributed by atoms with Crippen LogP contribution in [0.4, 0.5) is 5.69 Å². The average Bonchev–Trinajstić information content (AvgIpc) is 2.75. The number of esters is 1. The third kappa shape index (κ3) is 3.10. The van der Waals surface area contributed by atoms with E-state index in [0.29, 0.717) is 13.0 Å². The zero-order chi connectivity index (χ0) is 14.6. The fraction of sp³-hybridized carbons (Fsp3) is 0.467. The first kappa shape index (κ1) is 14.4. The van der Waals surface area contributed by atoms with Crippen molar-refractivity contribution in [2.45, 2.75) is 26.7 Å². The number of benzene rings is 1. The van der Waals surface area contributed by atoms with Crippen LogP contribution in [0.2, 0.25) is 0 Å². The van der Waals surface area contributed by atoms with Gasteiger partial charge in [-0.05, 0) is 25.5 Å². The molecule has 2 rings (SSSR count). The second kappa shape index (κ2) is 5.94. The van der Waals surface area contributed by atoms with Crippen molar-refractivity contribution in [3.63, 3.8) is 0 Å². The van der Waals surface area contributed by atoms with Gasteiger partial charge in [-0.2, -0.15) is 0 Å². The molecule has 1 saturated heterocycles. The molecule has 5 heteroatoms. The molecule has 1 N–H and O–H groups in total. The van der Waals surface area contributed by atoms with Crippen molar-refractivity contribution in [3.05, 3.63) is 30.3 Å². The lowest BCUT2D eigenvalue weighted by Gasteiger charge is -2.21. The molecular weight excluding hydrogens is 256 g/mol. The van der Waals surface area contributed by atoms with E-state index in [-0.39, 0.29) is 18.5 Å². The predicted octanol–water partition coefficient (Wildman–Crippen LogP) is 1.89. The summed E-state index contributed by atoms with van der Waals surface area (Å²) in [4.78, 5) is 23.5. The Labute approximate surface area is 118 Å². The minimum atomic E-state index is -0.709. The SMILES string of the molecule is CCCC(=O)OCC1(C)CN(c2ccccc2)NC1=O. The predicted molar refractivity (Wildman–Crippen MR) is 75.9 cm³/mol. The van der Waals surface area contributed by atoms with Gasteiger partial charge in [-0.25, -0.2) is 0 Å². The van der Waals surface area contributed by atoms with E-state index in [2.05, 4.69) is 5.43 Å². The molecule has 0 radical (unpaired) electrons. The van der Waals surface area contributed by atoms with Gasteiger partial charge in [0.15, 0.2) is 0 Å². The van der Waals surface area contributed by atoms with Crippen molar-refractivity contribution < 1.29 is 14.3 Å². The maximum Gasteiger partial charge on any atom is 0.305 e. The fourth-order valence-electron chi connectivity index (χ4n) is 2.11. The smallest absolute Gasteiger partial charge is 0.305 e. The molecule has 5 nitrogen and oxygen atoms in total. The Morgan fingerprint density at radius 2 is 2.10 bits per heavy atom. The summed E-state index contributed by atoms with van der Waals surface area (Å²) in [6, 6.07) is 9.61. The fourth-order valence-corrected chi connectivity index (χ4v) is 2.11. The molecule has 0 saturated carbocycles. The number of hydrogen-bond donors (Lipinski definition) is 1. The summed E-state index contributed by atoms with van der Waals surface area (Å²) in [5.74, 6) is -0.370. The van der Waals surface area contributed by atoms with Gasteiger partial charge in [0.25, 0.3) is 0 Å². The Kier molecular flexibility index (Phi) is 4.27. The van der Waals surface area contributed by atoms with Crippen molar-refractivity contribution in [1.29, 1.82) is 0 Å². The number of hydrogen-bond acceptors (Lipinski definition) is 4. The van der Waals surface area contributed by atoms with E-state index in [9.17, 15) is 9.59 Å². The number of amides is 1. The number of ether oxygens (including phenoxy) is 1. The Hall–Kier alpha value is -2.04. The van der Waals surface area contributed by atoms with Crippen LogP contribution in [-0.2, 0) is 14.3 Å². The third-order valence-corrected chi connectivity index (χ3v) is 3.37. The van der Waals surface area contributed by atoms with Crippen LogP contribution < -0.4 is 10.4 Å². The number of carbonyl (C=O) groups is 2. The van der Waals surface area contributed by atoms with Gasteiger partial charge < -0.3 is 4.74 Å². The highest BCUT2D eigenvalue weighted by molar-refractivity contribution is 5.88. The third-order valence-electron chi connectivity index (χ3n) is 3.37. The van der Waals surface area contributed by atoms with Gasteiger partial charge in [0, 0.05) is 6.42 Å². The lowest BCUT2D eigenvalue weighted by Crippen LogP contribution is -2.35. The molecule has 1 atom stereocenters. The normalized spacial score (nSPS) is 21.7. The Balaban J connectivity index is 1.99. The molecule has 0 bridgehead atoms. The first-order valence-corrected chi connectivity index (χ1v) is 6.84. The maximum absolute atomic E-state index is 12.1. The molecule has 0 aromatic heterocycles. The summed E-state index contributed by atoms with van der Waals surface area (Å²) in [5.41, 5.74) is 3.03. The zero-order valence-corrected chi connectivity index (χ0v) is 11.9. The van der Waals surface area contributed by atoms with E-state index in [1.807, 2.05) is 44.2 Å². The lowest BCUT2D eigenvalue weighted by atomic mass is 9.92. The number of anilines is 1. The largest absolute Gasteiger partial charge is 0.464 e. The second-order valence-corrected chi connectivity index (χ2v) is 5.33. The molecule has 1 heterocycles. The Bertz CT molecular complexity index is 489. The number of carbonyl (C=O) groups excluding carboxylic acids is 2. The van der Waals surface area contributed by atoms with Crippen LogP contribution in [0.3, 0.4) is 0 Å². The number of hydrazine groups is 1. The highest BCUT2D eigenvalue weighted by Crippen LogP contribution is 2.28. The monoisotopic (exact) mass is 276 g/mol. The molecule has 0 aliphatic carbocycles. The second-order valence-electron chi connectivity index (χ2n) is 5.33. The Morgan fingerprint density at radius 1 is 1.40 bits per heavy atom. The number of nitrogens with one attached hydrogen (secondary N) is 1. The van der Waals surface area contributed by atoms with Gasteiger partial charge in [0.2, 0.25) is 5.91 Å². The summed E-state index contributed by atoms with van der Waals surface area (Å²) in [7, 11) is 0. The molecule has 1 unspecified atom stereocenters. The van der Waals surface area contributed by atoms with E-state index in [1.54, 1.807) is 5.01 Å². The van der Waals surface area contributed by atoms with Crippen molar-refractivity contribution in [2.75, 3.05) is 18.2 Å². The van der Waals surface area contributed by atoms with Crippen molar-refractivity contribution in [2.24, 2.45) is 5.41 Å². The first-order valence-electron chi connectivity index (χ1n) is 6.84. The van der Waals surface area contributed by atoms with Crippen LogP contribution in [0, 0.1) is 5.41 Å². The molecule has 1 aromatic rings. The highest BCUT2D eigenvalue weighted by Gasteiger charge is 2.43. The molecule has 1 fully saturated rings. The van der Waals surface area contributed by atoms with Crippen LogP contribution in [0.5, 0.6) is 0 Å². The zero-order valence-electron chi connectivity index (χ0n) is 11.9. The molecule has 0 spiro atoms. The lowest BCUT2D eigenvalue weighted by molar-refractivity contribution is -0.148. The van der Waals surface area contributed by atoms with Gasteiger partial charge in [0.05, 0.1) is 12.2 Å². The van der Waals surface area contributed by atoms with Gasteiger partial charge in [-0.1, -0.05) is 25.1 Å². The number of nitrogens with zero attached hydrogens (tertiary/aromatic N) is 1. The quantitative estimate of drug-likeness (QED) is 0.834. The van der Waals surface area contributed by atoms with Crippen LogP contribution in [0.15, 0.2) is 30.3 Å². The molecule has 1 amide bonds. The topological polar surface area (TPSA) is 58.6 Å². The van der Waals surface area contributed by atoms with Gasteiger partial charge in [0.1, 0.15) is 12.0 Å². The summed E-state index contributed by atoms with van der Waals surface area (Å²) in [6.07, 6.45) is 1.14. The summed E-state index contributed by atoms with van der Waals surface area (Å²) in [6.45, 7) is 4.32. The standard InChI is InChI=1S/C15H20N2O3/c1-3-7-13(18)20-11-15(2)10-17(16-14(15)19)12-8-5-4-6-9-12/h4-6,8-9H,3,7,10-11H2,1-2H3,(H,16,19). The molecule has 1 aliphatic heterocycles. The van der Waals surface area contributed by atoms with Crippen molar-refractivity contribution in [1.82, 2.24) is 5.43 Å². The van der Waals surface area contributed by atoms with Crippen molar-refractivity contribution >= 4 is 17.6 Å². The summed E-state index contributed by atoms with van der Waals surface area (Å²) >= 11 is 0. The highest BCUT2D eigenvalue weighted by atomic mass is 16.5. The van der Waals surface area contributed by atoms with Crippen molar-refractivity contribution in [3.8, 4) is 0 Å². The van der Waals surface area contributed by atoms with E-state index in [4.69, 9.17) is 4.74 Å². The maximum atomic E-state index is 12.1. The van der Waals surface area contributed by atoms with Crippen LogP contribution in [0.25, 0.3) is 0 Å². The number of rotatable bonds is 5. The molecule has 1 aliphatic rings. The Morgan fingerprint density at radius 3 is 2.75 bits per heavy atom. The average molecular weight is 276 g/mol. The number of para-hydroxylation sites is 1. The minimum absolute atomic E-state index is 0.112. The first-order chi connectivity index (χ1) is 9.55. The molecule has 1 aromatic carbocycles.